The molecular weight excluding hydrogens is 316 g/mol. The van der Waals surface area contributed by atoms with Crippen LogP contribution in [0.2, 0.25) is 0 Å². The summed E-state index contributed by atoms with van der Waals surface area (Å²) in [5.74, 6) is -0.975. The monoisotopic (exact) mass is 336 g/mol. The van der Waals surface area contributed by atoms with E-state index >= 15 is 0 Å². The van der Waals surface area contributed by atoms with Gasteiger partial charge in [0.1, 0.15) is 5.25 Å². The minimum absolute atomic E-state index is 0.299. The van der Waals surface area contributed by atoms with Crippen LogP contribution in [0.15, 0.2) is 29.2 Å². The Morgan fingerprint density at radius 1 is 1.26 bits per heavy atom. The Balaban J connectivity index is 1.88. The normalized spacial score (nSPS) is 16.7. The van der Waals surface area contributed by atoms with Crippen molar-refractivity contribution in [1.29, 1.82) is 0 Å². The lowest BCUT2D eigenvalue weighted by molar-refractivity contribution is -0.156. The van der Waals surface area contributed by atoms with Crippen LogP contribution in [0.1, 0.15) is 19.4 Å². The third kappa shape index (κ3) is 4.48. The zero-order chi connectivity index (χ0) is 17.0. The van der Waals surface area contributed by atoms with Crippen LogP contribution in [0.25, 0.3) is 0 Å². The molecule has 124 valence electrons. The van der Waals surface area contributed by atoms with E-state index < -0.39 is 29.3 Å². The van der Waals surface area contributed by atoms with Crippen LogP contribution < -0.4 is 5.32 Å². The number of nitrogens with one attached hydrogen (secondary N) is 1. The Morgan fingerprint density at radius 2 is 1.91 bits per heavy atom. The number of carbonyl (C=O) groups excluding carboxylic acids is 3. The maximum atomic E-state index is 12.1. The smallest absolute Gasteiger partial charge is 0.324 e. The molecule has 0 unspecified atom stereocenters. The summed E-state index contributed by atoms with van der Waals surface area (Å²) < 4.78 is 5.20. The maximum absolute atomic E-state index is 12.1. The second-order valence-corrected chi connectivity index (χ2v) is 6.79. The van der Waals surface area contributed by atoms with Gasteiger partial charge in [0.15, 0.2) is 6.10 Å². The minimum Gasteiger partial charge on any atom is -0.452 e. The topological polar surface area (TPSA) is 75.7 Å². The molecule has 1 fully saturated rings. The molecule has 7 heteroatoms. The lowest BCUT2D eigenvalue weighted by Gasteiger charge is -2.19. The molecule has 1 N–H and O–H groups in total. The lowest BCUT2D eigenvalue weighted by Crippen LogP contribution is -2.42. The van der Waals surface area contributed by atoms with E-state index in [-0.39, 0.29) is 0 Å². The number of benzene rings is 1. The van der Waals surface area contributed by atoms with Crippen LogP contribution in [-0.4, -0.2) is 47.3 Å². The number of hydrogen-bond acceptors (Lipinski definition) is 5. The minimum atomic E-state index is -0.979. The molecule has 6 nitrogen and oxygen atoms in total. The summed E-state index contributed by atoms with van der Waals surface area (Å²) in [4.78, 5) is 37.7. The summed E-state index contributed by atoms with van der Waals surface area (Å²) in [5, 5.41) is 2.10. The van der Waals surface area contributed by atoms with E-state index in [0.29, 0.717) is 13.1 Å². The van der Waals surface area contributed by atoms with E-state index in [9.17, 15) is 14.4 Å². The fourth-order valence-corrected chi connectivity index (χ4v) is 2.94. The molecular formula is C16H20N2O4S. The van der Waals surface area contributed by atoms with Gasteiger partial charge >= 0.3 is 12.0 Å². The molecule has 3 amide bonds. The highest BCUT2D eigenvalue weighted by molar-refractivity contribution is 8.00. The molecule has 23 heavy (non-hydrogen) atoms. The van der Waals surface area contributed by atoms with E-state index in [0.717, 1.165) is 15.4 Å². The molecule has 2 rings (SSSR count). The van der Waals surface area contributed by atoms with Crippen molar-refractivity contribution in [2.45, 2.75) is 37.0 Å². The van der Waals surface area contributed by atoms with Crippen molar-refractivity contribution in [2.75, 3.05) is 13.1 Å². The summed E-state index contributed by atoms with van der Waals surface area (Å²) in [7, 11) is 0. The van der Waals surface area contributed by atoms with Crippen LogP contribution in [0.5, 0.6) is 0 Å². The number of hydrogen-bond donors (Lipinski definition) is 1. The van der Waals surface area contributed by atoms with Crippen molar-refractivity contribution >= 4 is 29.7 Å². The number of amides is 3. The largest absolute Gasteiger partial charge is 0.452 e. The van der Waals surface area contributed by atoms with Gasteiger partial charge in [0, 0.05) is 18.0 Å². The SMILES string of the molecule is Cc1ccc(S[C@H](C)C(=O)O[C@@H](C)C(=O)N2CCNC2=O)cc1. The van der Waals surface area contributed by atoms with Gasteiger partial charge in [-0.3, -0.25) is 14.5 Å². The van der Waals surface area contributed by atoms with Gasteiger partial charge in [0.05, 0.1) is 0 Å². The van der Waals surface area contributed by atoms with Gasteiger partial charge in [0.2, 0.25) is 0 Å². The van der Waals surface area contributed by atoms with Crippen molar-refractivity contribution in [3.63, 3.8) is 0 Å². The lowest BCUT2D eigenvalue weighted by atomic mass is 10.2. The molecule has 1 aromatic carbocycles. The van der Waals surface area contributed by atoms with Crippen molar-refractivity contribution in [2.24, 2.45) is 0 Å². The second-order valence-electron chi connectivity index (χ2n) is 5.37. The molecule has 1 aliphatic heterocycles. The Hall–Kier alpha value is -2.02. The van der Waals surface area contributed by atoms with E-state index in [2.05, 4.69) is 5.32 Å². The standard InChI is InChI=1S/C16H20N2O4S/c1-10-4-6-13(7-5-10)23-12(3)15(20)22-11(2)14(19)18-9-8-17-16(18)21/h4-7,11-12H,8-9H2,1-3H3,(H,17,21)/t11-,12+/m0/s1. The molecule has 1 saturated heterocycles. The van der Waals surface area contributed by atoms with Gasteiger partial charge in [-0.25, -0.2) is 4.79 Å². The van der Waals surface area contributed by atoms with Crippen molar-refractivity contribution in [1.82, 2.24) is 10.2 Å². The predicted octanol–water partition coefficient (Wildman–Crippen LogP) is 1.96. The van der Waals surface area contributed by atoms with Crippen LogP contribution in [0.4, 0.5) is 4.79 Å². The third-order valence-corrected chi connectivity index (χ3v) is 4.52. The van der Waals surface area contributed by atoms with Gasteiger partial charge in [-0.15, -0.1) is 11.8 Å². The fourth-order valence-electron chi connectivity index (χ4n) is 2.09. The maximum Gasteiger partial charge on any atom is 0.324 e. The Labute approximate surface area is 139 Å². The first kappa shape index (κ1) is 17.3. The number of carbonyl (C=O) groups is 3. The number of ether oxygens (including phenoxy) is 1. The molecule has 0 radical (unpaired) electrons. The van der Waals surface area contributed by atoms with E-state index in [1.807, 2.05) is 31.2 Å². The average molecular weight is 336 g/mol. The van der Waals surface area contributed by atoms with Crippen molar-refractivity contribution in [3.8, 4) is 0 Å². The Bertz CT molecular complexity index is 603. The molecule has 1 aromatic rings. The molecule has 1 heterocycles. The zero-order valence-electron chi connectivity index (χ0n) is 13.4. The highest BCUT2D eigenvalue weighted by atomic mass is 32.2. The van der Waals surface area contributed by atoms with Crippen LogP contribution in [0.3, 0.4) is 0 Å². The summed E-state index contributed by atoms with van der Waals surface area (Å²) in [5.41, 5.74) is 1.15. The number of esters is 1. The Morgan fingerprint density at radius 3 is 2.48 bits per heavy atom. The summed E-state index contributed by atoms with van der Waals surface area (Å²) in [6.07, 6.45) is -0.979. The number of rotatable bonds is 5. The zero-order valence-corrected chi connectivity index (χ0v) is 14.2. The predicted molar refractivity (Wildman–Crippen MR) is 87.2 cm³/mol. The molecule has 0 aliphatic carbocycles. The first-order valence-electron chi connectivity index (χ1n) is 7.41. The molecule has 0 bridgehead atoms. The first-order chi connectivity index (χ1) is 10.9. The van der Waals surface area contributed by atoms with Crippen LogP contribution >= 0.6 is 11.8 Å². The van der Waals surface area contributed by atoms with Gasteiger partial charge in [-0.05, 0) is 32.9 Å². The molecule has 0 spiro atoms. The van der Waals surface area contributed by atoms with Gasteiger partial charge in [-0.2, -0.15) is 0 Å². The van der Waals surface area contributed by atoms with Crippen molar-refractivity contribution in [3.05, 3.63) is 29.8 Å². The van der Waals surface area contributed by atoms with E-state index in [4.69, 9.17) is 4.74 Å². The number of urea groups is 1. The molecule has 2 atom stereocenters. The average Bonchev–Trinajstić information content (AvgIpc) is 2.94. The number of aryl methyl sites for hydroxylation is 1. The quantitative estimate of drug-likeness (QED) is 0.657. The van der Waals surface area contributed by atoms with Crippen LogP contribution in [-0.2, 0) is 14.3 Å². The van der Waals surface area contributed by atoms with E-state index in [1.54, 1.807) is 6.92 Å². The van der Waals surface area contributed by atoms with Crippen molar-refractivity contribution < 1.29 is 19.1 Å². The molecule has 1 aliphatic rings. The Kier molecular flexibility index (Phi) is 5.65. The highest BCUT2D eigenvalue weighted by Crippen LogP contribution is 2.24. The molecule has 0 aromatic heterocycles. The first-order valence-corrected chi connectivity index (χ1v) is 8.29. The van der Waals surface area contributed by atoms with Gasteiger partial charge in [0.25, 0.3) is 5.91 Å². The summed E-state index contributed by atoms with van der Waals surface area (Å²) >= 11 is 1.37. The van der Waals surface area contributed by atoms with Crippen LogP contribution in [0, 0.1) is 6.92 Å². The highest BCUT2D eigenvalue weighted by Gasteiger charge is 2.32. The van der Waals surface area contributed by atoms with Gasteiger partial charge < -0.3 is 10.1 Å². The number of thioether (sulfide) groups is 1. The third-order valence-electron chi connectivity index (χ3n) is 3.43. The van der Waals surface area contributed by atoms with Gasteiger partial charge in [-0.1, -0.05) is 17.7 Å². The second kappa shape index (κ2) is 7.50. The number of nitrogens with zero attached hydrogens (tertiary/aromatic N) is 1. The molecule has 0 saturated carbocycles. The number of imide groups is 1. The fraction of sp³-hybridized carbons (Fsp3) is 0.438. The summed E-state index contributed by atoms with van der Waals surface area (Å²) in [6, 6.07) is 7.37. The summed E-state index contributed by atoms with van der Waals surface area (Å²) in [6.45, 7) is 5.92. The van der Waals surface area contributed by atoms with E-state index in [1.165, 1.54) is 18.7 Å².